The number of hydrogen-bond donors (Lipinski definition) is 3. The van der Waals surface area contributed by atoms with Crippen molar-refractivity contribution in [3.05, 3.63) is 0 Å². The van der Waals surface area contributed by atoms with Gasteiger partial charge >= 0.3 is 0 Å². The second kappa shape index (κ2) is 8.48. The number of aliphatic hydroxyl groups excluding tert-OH is 2. The van der Waals surface area contributed by atoms with Crippen molar-refractivity contribution in [2.75, 3.05) is 19.8 Å². The van der Waals surface area contributed by atoms with E-state index in [1.165, 1.54) is 0 Å². The van der Waals surface area contributed by atoms with Gasteiger partial charge in [0.05, 0.1) is 6.61 Å². The minimum Gasteiger partial charge on any atom is -0.396 e. The van der Waals surface area contributed by atoms with Gasteiger partial charge in [-0.3, -0.25) is 0 Å². The molecule has 3 heteroatoms. The molecule has 0 saturated heterocycles. The fourth-order valence-electron chi connectivity index (χ4n) is 1.19. The van der Waals surface area contributed by atoms with E-state index in [0.717, 1.165) is 25.8 Å². The normalized spacial score (nSPS) is 15.7. The number of hydrogen-bond acceptors (Lipinski definition) is 3. The van der Waals surface area contributed by atoms with Crippen LogP contribution < -0.4 is 5.32 Å². The molecule has 80 valence electrons. The SMILES string of the molecule is CC[C@@H](CO)NCCC[C@@H](C)CO. The summed E-state index contributed by atoms with van der Waals surface area (Å²) in [5, 5.41) is 20.9. The molecule has 0 fully saturated rings. The molecule has 0 spiro atoms. The maximum Gasteiger partial charge on any atom is 0.0584 e. The largest absolute Gasteiger partial charge is 0.396 e. The lowest BCUT2D eigenvalue weighted by atomic mass is 10.1. The summed E-state index contributed by atoms with van der Waals surface area (Å²) in [5.74, 6) is 0.399. The Morgan fingerprint density at radius 1 is 1.23 bits per heavy atom. The van der Waals surface area contributed by atoms with E-state index in [1.807, 2.05) is 6.92 Å². The molecule has 0 aliphatic heterocycles. The highest BCUT2D eigenvalue weighted by molar-refractivity contribution is 4.63. The fraction of sp³-hybridized carbons (Fsp3) is 1.00. The molecule has 0 heterocycles. The molecule has 13 heavy (non-hydrogen) atoms. The van der Waals surface area contributed by atoms with Gasteiger partial charge in [-0.05, 0) is 31.7 Å². The van der Waals surface area contributed by atoms with Crippen LogP contribution in [0, 0.1) is 5.92 Å². The number of aliphatic hydroxyl groups is 2. The molecule has 0 aliphatic rings. The van der Waals surface area contributed by atoms with Gasteiger partial charge in [-0.1, -0.05) is 13.8 Å². The smallest absolute Gasteiger partial charge is 0.0584 e. The zero-order valence-electron chi connectivity index (χ0n) is 8.79. The average molecular weight is 189 g/mol. The number of nitrogens with one attached hydrogen (secondary N) is 1. The molecule has 3 nitrogen and oxygen atoms in total. The van der Waals surface area contributed by atoms with Crippen LogP contribution in [0.15, 0.2) is 0 Å². The van der Waals surface area contributed by atoms with Crippen LogP contribution >= 0.6 is 0 Å². The van der Waals surface area contributed by atoms with Gasteiger partial charge in [-0.25, -0.2) is 0 Å². The molecule has 0 aromatic heterocycles. The van der Waals surface area contributed by atoms with Gasteiger partial charge in [0.25, 0.3) is 0 Å². The Morgan fingerprint density at radius 3 is 2.38 bits per heavy atom. The van der Waals surface area contributed by atoms with Gasteiger partial charge in [-0.15, -0.1) is 0 Å². The molecule has 2 atom stereocenters. The first-order chi connectivity index (χ1) is 6.24. The quantitative estimate of drug-likeness (QED) is 0.494. The fourth-order valence-corrected chi connectivity index (χ4v) is 1.19. The van der Waals surface area contributed by atoms with E-state index in [-0.39, 0.29) is 19.3 Å². The van der Waals surface area contributed by atoms with Gasteiger partial charge in [0, 0.05) is 12.6 Å². The molecule has 0 aliphatic carbocycles. The van der Waals surface area contributed by atoms with Crippen LogP contribution in [0.25, 0.3) is 0 Å². The van der Waals surface area contributed by atoms with E-state index in [1.54, 1.807) is 0 Å². The van der Waals surface area contributed by atoms with Crippen molar-refractivity contribution >= 4 is 0 Å². The summed E-state index contributed by atoms with van der Waals surface area (Å²) in [6, 6.07) is 0.240. The third kappa shape index (κ3) is 6.99. The molecule has 0 radical (unpaired) electrons. The minimum absolute atomic E-state index is 0.214. The van der Waals surface area contributed by atoms with Crippen molar-refractivity contribution in [3.8, 4) is 0 Å². The van der Waals surface area contributed by atoms with Gasteiger partial charge in [0.15, 0.2) is 0 Å². The Kier molecular flexibility index (Phi) is 8.40. The zero-order valence-corrected chi connectivity index (χ0v) is 8.79. The lowest BCUT2D eigenvalue weighted by Gasteiger charge is -2.14. The van der Waals surface area contributed by atoms with E-state index in [0.29, 0.717) is 5.92 Å². The van der Waals surface area contributed by atoms with E-state index in [4.69, 9.17) is 10.2 Å². The third-order valence-electron chi connectivity index (χ3n) is 2.33. The summed E-state index contributed by atoms with van der Waals surface area (Å²) in [4.78, 5) is 0. The van der Waals surface area contributed by atoms with E-state index in [9.17, 15) is 0 Å². The highest BCUT2D eigenvalue weighted by Gasteiger charge is 2.03. The maximum atomic E-state index is 8.88. The molecule has 0 amide bonds. The summed E-state index contributed by atoms with van der Waals surface area (Å²) >= 11 is 0. The van der Waals surface area contributed by atoms with Gasteiger partial charge in [-0.2, -0.15) is 0 Å². The standard InChI is InChI=1S/C10H23NO2/c1-3-10(8-13)11-6-4-5-9(2)7-12/h9-13H,3-8H2,1-2H3/t9-,10+/m1/s1. The Balaban J connectivity index is 3.23. The van der Waals surface area contributed by atoms with Gasteiger partial charge in [0.1, 0.15) is 0 Å². The van der Waals surface area contributed by atoms with Gasteiger partial charge in [0.2, 0.25) is 0 Å². The Labute approximate surface area is 81.2 Å². The third-order valence-corrected chi connectivity index (χ3v) is 2.33. The second-order valence-corrected chi connectivity index (χ2v) is 3.67. The van der Waals surface area contributed by atoms with Crippen LogP contribution in [0.4, 0.5) is 0 Å². The van der Waals surface area contributed by atoms with Crippen LogP contribution in [0.3, 0.4) is 0 Å². The van der Waals surface area contributed by atoms with Crippen molar-refractivity contribution in [2.45, 2.75) is 39.2 Å². The van der Waals surface area contributed by atoms with Gasteiger partial charge < -0.3 is 15.5 Å². The van der Waals surface area contributed by atoms with E-state index >= 15 is 0 Å². The monoisotopic (exact) mass is 189 g/mol. The van der Waals surface area contributed by atoms with Crippen LogP contribution in [0.5, 0.6) is 0 Å². The van der Waals surface area contributed by atoms with Crippen LogP contribution in [0.1, 0.15) is 33.1 Å². The number of rotatable bonds is 8. The van der Waals surface area contributed by atoms with Crippen molar-refractivity contribution in [1.82, 2.24) is 5.32 Å². The summed E-state index contributed by atoms with van der Waals surface area (Å²) < 4.78 is 0. The minimum atomic E-state index is 0.214. The molecule has 3 N–H and O–H groups in total. The Hall–Kier alpha value is -0.120. The Bertz CT molecular complexity index is 105. The van der Waals surface area contributed by atoms with E-state index in [2.05, 4.69) is 12.2 Å². The Morgan fingerprint density at radius 2 is 1.92 bits per heavy atom. The van der Waals surface area contributed by atoms with Crippen molar-refractivity contribution in [2.24, 2.45) is 5.92 Å². The first-order valence-electron chi connectivity index (χ1n) is 5.19. The lowest BCUT2D eigenvalue weighted by Crippen LogP contribution is -2.32. The lowest BCUT2D eigenvalue weighted by molar-refractivity contribution is 0.221. The summed E-state index contributed by atoms with van der Waals surface area (Å²) in [6.45, 7) is 5.53. The highest BCUT2D eigenvalue weighted by atomic mass is 16.3. The molecular formula is C10H23NO2. The molecule has 0 saturated carbocycles. The van der Waals surface area contributed by atoms with E-state index < -0.39 is 0 Å². The molecule has 0 aromatic rings. The molecule has 0 rings (SSSR count). The predicted molar refractivity (Wildman–Crippen MR) is 54.7 cm³/mol. The molecule has 0 unspecified atom stereocenters. The topological polar surface area (TPSA) is 52.5 Å². The molecular weight excluding hydrogens is 166 g/mol. The second-order valence-electron chi connectivity index (χ2n) is 3.67. The summed E-state index contributed by atoms with van der Waals surface area (Å²) in [5.41, 5.74) is 0. The first-order valence-corrected chi connectivity index (χ1v) is 5.19. The van der Waals surface area contributed by atoms with Crippen LogP contribution in [-0.2, 0) is 0 Å². The highest BCUT2D eigenvalue weighted by Crippen LogP contribution is 2.03. The average Bonchev–Trinajstić information content (AvgIpc) is 2.18. The summed E-state index contributed by atoms with van der Waals surface area (Å²) in [7, 11) is 0. The first kappa shape index (κ1) is 12.9. The van der Waals surface area contributed by atoms with Crippen LogP contribution in [-0.4, -0.2) is 36.0 Å². The molecule has 0 aromatic carbocycles. The zero-order chi connectivity index (χ0) is 10.1. The van der Waals surface area contributed by atoms with Crippen molar-refractivity contribution in [1.29, 1.82) is 0 Å². The van der Waals surface area contributed by atoms with Crippen molar-refractivity contribution < 1.29 is 10.2 Å². The van der Waals surface area contributed by atoms with Crippen LogP contribution in [0.2, 0.25) is 0 Å². The van der Waals surface area contributed by atoms with Crippen molar-refractivity contribution in [3.63, 3.8) is 0 Å². The predicted octanol–water partition coefficient (Wildman–Crippen LogP) is 0.755. The summed E-state index contributed by atoms with van der Waals surface area (Å²) in [6.07, 6.45) is 3.08. The maximum absolute atomic E-state index is 8.88. The molecule has 0 bridgehead atoms.